The molecule has 0 bridgehead atoms. The topological polar surface area (TPSA) is 102 Å². The van der Waals surface area contributed by atoms with Gasteiger partial charge in [0.15, 0.2) is 0 Å². The summed E-state index contributed by atoms with van der Waals surface area (Å²) < 4.78 is 0. The minimum atomic E-state index is -0.762. The van der Waals surface area contributed by atoms with Gasteiger partial charge in [0.05, 0.1) is 18.1 Å². The Morgan fingerprint density at radius 2 is 2.18 bits per heavy atom. The van der Waals surface area contributed by atoms with Crippen molar-refractivity contribution >= 4 is 11.6 Å². The SMILES string of the molecule is NC(=O)c1c(N)cncc1O. The lowest BCUT2D eigenvalue weighted by Crippen LogP contribution is -2.13. The number of carbonyl (C=O) groups is 1. The molecule has 0 spiro atoms. The Morgan fingerprint density at radius 1 is 1.55 bits per heavy atom. The average molecular weight is 153 g/mol. The normalized spacial score (nSPS) is 9.45. The number of primary amides is 1. The number of hydrogen-bond donors (Lipinski definition) is 3. The van der Waals surface area contributed by atoms with Crippen LogP contribution in [0.5, 0.6) is 5.75 Å². The van der Waals surface area contributed by atoms with Gasteiger partial charge in [0, 0.05) is 0 Å². The summed E-state index contributed by atoms with van der Waals surface area (Å²) in [6, 6.07) is 0. The van der Waals surface area contributed by atoms with Crippen LogP contribution in [0.2, 0.25) is 0 Å². The maximum absolute atomic E-state index is 10.6. The molecule has 0 unspecified atom stereocenters. The van der Waals surface area contributed by atoms with E-state index in [9.17, 15) is 4.79 Å². The molecule has 5 nitrogen and oxygen atoms in total. The second-order valence-electron chi connectivity index (χ2n) is 1.99. The molecule has 0 saturated carbocycles. The van der Waals surface area contributed by atoms with Gasteiger partial charge in [-0.1, -0.05) is 0 Å². The van der Waals surface area contributed by atoms with Crippen LogP contribution in [0.15, 0.2) is 12.4 Å². The van der Waals surface area contributed by atoms with Crippen molar-refractivity contribution in [2.75, 3.05) is 5.73 Å². The Hall–Kier alpha value is -1.78. The third-order valence-corrected chi connectivity index (χ3v) is 1.20. The quantitative estimate of drug-likeness (QED) is 0.504. The zero-order valence-corrected chi connectivity index (χ0v) is 5.61. The molecule has 0 radical (unpaired) electrons. The standard InChI is InChI=1S/C6H7N3O2/c7-3-1-9-2-4(10)5(3)6(8)11/h1-2,10H,7H2,(H2,8,11). The number of nitrogen functional groups attached to an aromatic ring is 1. The van der Waals surface area contributed by atoms with E-state index in [-0.39, 0.29) is 17.0 Å². The van der Waals surface area contributed by atoms with E-state index in [2.05, 4.69) is 4.98 Å². The van der Waals surface area contributed by atoms with Crippen LogP contribution in [-0.2, 0) is 0 Å². The molecule has 11 heavy (non-hydrogen) atoms. The summed E-state index contributed by atoms with van der Waals surface area (Å²) in [6.45, 7) is 0. The van der Waals surface area contributed by atoms with E-state index in [4.69, 9.17) is 16.6 Å². The first-order chi connectivity index (χ1) is 5.13. The number of rotatable bonds is 1. The molecule has 58 valence electrons. The predicted octanol–water partition coefficient (Wildman–Crippen LogP) is -0.532. The minimum Gasteiger partial charge on any atom is -0.505 e. The number of nitrogens with zero attached hydrogens (tertiary/aromatic N) is 1. The fourth-order valence-corrected chi connectivity index (χ4v) is 0.734. The van der Waals surface area contributed by atoms with Gasteiger partial charge in [0.25, 0.3) is 5.91 Å². The molecule has 1 rings (SSSR count). The summed E-state index contributed by atoms with van der Waals surface area (Å²) in [5.74, 6) is -1.06. The van der Waals surface area contributed by atoms with Gasteiger partial charge in [-0.2, -0.15) is 0 Å². The summed E-state index contributed by atoms with van der Waals surface area (Å²) in [7, 11) is 0. The molecule has 0 aliphatic heterocycles. The highest BCUT2D eigenvalue weighted by Crippen LogP contribution is 2.19. The Balaban J connectivity index is 3.32. The smallest absolute Gasteiger partial charge is 0.254 e. The molecule has 1 aromatic rings. The first kappa shape index (κ1) is 7.33. The Bertz CT molecular complexity index is 278. The average Bonchev–Trinajstić information content (AvgIpc) is 1.85. The number of anilines is 1. The molecule has 0 atom stereocenters. The maximum Gasteiger partial charge on any atom is 0.254 e. The van der Waals surface area contributed by atoms with E-state index in [0.29, 0.717) is 0 Å². The lowest BCUT2D eigenvalue weighted by molar-refractivity contribution is 0.0998. The van der Waals surface area contributed by atoms with Crippen molar-refractivity contribution in [1.29, 1.82) is 0 Å². The van der Waals surface area contributed by atoms with Crippen LogP contribution in [0.1, 0.15) is 10.4 Å². The third kappa shape index (κ3) is 1.21. The number of pyridine rings is 1. The third-order valence-electron chi connectivity index (χ3n) is 1.20. The number of aromatic hydroxyl groups is 1. The van der Waals surface area contributed by atoms with Crippen molar-refractivity contribution in [1.82, 2.24) is 4.98 Å². The van der Waals surface area contributed by atoms with E-state index in [1.165, 1.54) is 6.20 Å². The summed E-state index contributed by atoms with van der Waals surface area (Å²) in [6.07, 6.45) is 2.36. The summed E-state index contributed by atoms with van der Waals surface area (Å²) in [5.41, 5.74) is 10.2. The van der Waals surface area contributed by atoms with Gasteiger partial charge < -0.3 is 16.6 Å². The Labute approximate surface area is 62.7 Å². The number of carbonyl (C=O) groups excluding carboxylic acids is 1. The highest BCUT2D eigenvalue weighted by atomic mass is 16.3. The molecule has 5 heteroatoms. The van der Waals surface area contributed by atoms with Gasteiger partial charge in [-0.05, 0) is 0 Å². The number of nitrogens with two attached hydrogens (primary N) is 2. The molecular formula is C6H7N3O2. The van der Waals surface area contributed by atoms with Crippen molar-refractivity contribution in [2.24, 2.45) is 5.73 Å². The number of hydrogen-bond acceptors (Lipinski definition) is 4. The molecule has 0 aromatic carbocycles. The fraction of sp³-hybridized carbons (Fsp3) is 0. The van der Waals surface area contributed by atoms with Crippen LogP contribution in [0, 0.1) is 0 Å². The van der Waals surface area contributed by atoms with Crippen LogP contribution in [0.25, 0.3) is 0 Å². The molecule has 0 aliphatic rings. The number of amides is 1. The zero-order valence-electron chi connectivity index (χ0n) is 5.61. The van der Waals surface area contributed by atoms with Gasteiger partial charge in [0.2, 0.25) is 0 Å². The van der Waals surface area contributed by atoms with Crippen LogP contribution in [0.4, 0.5) is 5.69 Å². The minimum absolute atomic E-state index is 0.0810. The van der Waals surface area contributed by atoms with E-state index >= 15 is 0 Å². The van der Waals surface area contributed by atoms with Crippen LogP contribution in [0.3, 0.4) is 0 Å². The lowest BCUT2D eigenvalue weighted by Gasteiger charge is -2.01. The maximum atomic E-state index is 10.6. The van der Waals surface area contributed by atoms with Gasteiger partial charge in [0.1, 0.15) is 11.3 Å². The zero-order chi connectivity index (χ0) is 8.43. The first-order valence-electron chi connectivity index (χ1n) is 2.85. The summed E-state index contributed by atoms with van der Waals surface area (Å²) >= 11 is 0. The van der Waals surface area contributed by atoms with Crippen molar-refractivity contribution in [3.8, 4) is 5.75 Å². The summed E-state index contributed by atoms with van der Waals surface area (Å²) in [5, 5.41) is 9.02. The molecule has 1 aromatic heterocycles. The predicted molar refractivity (Wildman–Crippen MR) is 38.8 cm³/mol. The first-order valence-corrected chi connectivity index (χ1v) is 2.85. The van der Waals surface area contributed by atoms with E-state index in [1.807, 2.05) is 0 Å². The second kappa shape index (κ2) is 2.45. The van der Waals surface area contributed by atoms with Crippen LogP contribution >= 0.6 is 0 Å². The van der Waals surface area contributed by atoms with E-state index in [1.54, 1.807) is 0 Å². The Morgan fingerprint density at radius 3 is 2.55 bits per heavy atom. The van der Waals surface area contributed by atoms with Crippen LogP contribution in [-0.4, -0.2) is 16.0 Å². The Kier molecular flexibility index (Phi) is 1.63. The molecular weight excluding hydrogens is 146 g/mol. The highest BCUT2D eigenvalue weighted by Gasteiger charge is 2.10. The molecule has 0 fully saturated rings. The van der Waals surface area contributed by atoms with Crippen LogP contribution < -0.4 is 11.5 Å². The van der Waals surface area contributed by atoms with Crippen molar-refractivity contribution < 1.29 is 9.90 Å². The van der Waals surface area contributed by atoms with Crippen molar-refractivity contribution in [3.63, 3.8) is 0 Å². The van der Waals surface area contributed by atoms with E-state index < -0.39 is 5.91 Å². The van der Waals surface area contributed by atoms with Gasteiger partial charge in [-0.3, -0.25) is 9.78 Å². The summed E-state index contributed by atoms with van der Waals surface area (Å²) in [4.78, 5) is 14.1. The molecule has 5 N–H and O–H groups in total. The lowest BCUT2D eigenvalue weighted by atomic mass is 10.2. The molecule has 1 amide bonds. The largest absolute Gasteiger partial charge is 0.505 e. The van der Waals surface area contributed by atoms with Gasteiger partial charge >= 0.3 is 0 Å². The van der Waals surface area contributed by atoms with E-state index in [0.717, 1.165) is 6.20 Å². The molecule has 1 heterocycles. The van der Waals surface area contributed by atoms with Gasteiger partial charge in [-0.25, -0.2) is 0 Å². The second-order valence-corrected chi connectivity index (χ2v) is 1.99. The molecule has 0 saturated heterocycles. The van der Waals surface area contributed by atoms with Gasteiger partial charge in [-0.15, -0.1) is 0 Å². The monoisotopic (exact) mass is 153 g/mol. The fourth-order valence-electron chi connectivity index (χ4n) is 0.734. The van der Waals surface area contributed by atoms with Crippen molar-refractivity contribution in [2.45, 2.75) is 0 Å². The molecule has 0 aliphatic carbocycles. The highest BCUT2D eigenvalue weighted by molar-refractivity contribution is 6.00. The van der Waals surface area contributed by atoms with Crippen molar-refractivity contribution in [3.05, 3.63) is 18.0 Å². The number of aromatic nitrogens is 1.